The first kappa shape index (κ1) is 17.8. The maximum atomic E-state index is 12.9. The first-order chi connectivity index (χ1) is 11.8. The largest absolute Gasteiger partial charge is 0.335 e. The van der Waals surface area contributed by atoms with Crippen molar-refractivity contribution in [2.45, 2.75) is 18.9 Å². The summed E-state index contributed by atoms with van der Waals surface area (Å²) in [5.41, 5.74) is 3.03. The lowest BCUT2D eigenvalue weighted by Gasteiger charge is -2.26. The van der Waals surface area contributed by atoms with E-state index in [1.165, 1.54) is 23.3 Å². The highest BCUT2D eigenvalue weighted by Crippen LogP contribution is 2.36. The molecule has 0 radical (unpaired) electrons. The molecule has 0 bridgehead atoms. The highest BCUT2D eigenvalue weighted by atomic mass is 35.5. The van der Waals surface area contributed by atoms with Gasteiger partial charge in [0.15, 0.2) is 0 Å². The Morgan fingerprint density at radius 2 is 1.96 bits per heavy atom. The van der Waals surface area contributed by atoms with E-state index in [4.69, 9.17) is 11.6 Å². The molecule has 5 nitrogen and oxygen atoms in total. The molecule has 1 unspecified atom stereocenters. The predicted octanol–water partition coefficient (Wildman–Crippen LogP) is 3.47. The summed E-state index contributed by atoms with van der Waals surface area (Å²) >= 11 is 6.03. The van der Waals surface area contributed by atoms with Gasteiger partial charge in [-0.1, -0.05) is 35.9 Å². The second-order valence-electron chi connectivity index (χ2n) is 6.24. The van der Waals surface area contributed by atoms with Gasteiger partial charge in [0.1, 0.15) is 0 Å². The number of carbonyl (C=O) groups excluding carboxylic acids is 1. The van der Waals surface area contributed by atoms with Crippen LogP contribution in [0.25, 0.3) is 0 Å². The van der Waals surface area contributed by atoms with Gasteiger partial charge in [-0.05, 0) is 42.2 Å². The van der Waals surface area contributed by atoms with Crippen LogP contribution in [0.3, 0.4) is 0 Å². The van der Waals surface area contributed by atoms with Crippen molar-refractivity contribution in [3.8, 4) is 0 Å². The molecule has 1 aliphatic carbocycles. The minimum atomic E-state index is -3.48. The minimum absolute atomic E-state index is 0.0192. The molecule has 132 valence electrons. The fourth-order valence-electron chi connectivity index (χ4n) is 3.22. The fraction of sp³-hybridized carbons (Fsp3) is 0.278. The molecule has 0 aliphatic heterocycles. The van der Waals surface area contributed by atoms with E-state index >= 15 is 0 Å². The van der Waals surface area contributed by atoms with E-state index in [2.05, 4.69) is 16.9 Å². The maximum absolute atomic E-state index is 12.9. The van der Waals surface area contributed by atoms with Crippen LogP contribution in [0.2, 0.25) is 5.02 Å². The zero-order chi connectivity index (χ0) is 18.2. The Kier molecular flexibility index (Phi) is 4.75. The normalized spacial score (nSPS) is 16.4. The van der Waals surface area contributed by atoms with Crippen molar-refractivity contribution >= 4 is 33.2 Å². The van der Waals surface area contributed by atoms with E-state index in [9.17, 15) is 13.2 Å². The number of anilines is 1. The molecule has 0 heterocycles. The Morgan fingerprint density at radius 3 is 2.68 bits per heavy atom. The Labute approximate surface area is 152 Å². The third-order valence-electron chi connectivity index (χ3n) is 4.40. The number of halogens is 1. The Balaban J connectivity index is 1.87. The lowest BCUT2D eigenvalue weighted by Crippen LogP contribution is -2.30. The van der Waals surface area contributed by atoms with Gasteiger partial charge < -0.3 is 4.90 Å². The van der Waals surface area contributed by atoms with Crippen molar-refractivity contribution in [1.82, 2.24) is 4.90 Å². The molecule has 2 aromatic carbocycles. The van der Waals surface area contributed by atoms with E-state index in [0.717, 1.165) is 19.1 Å². The summed E-state index contributed by atoms with van der Waals surface area (Å²) in [5.74, 6) is -0.171. The second kappa shape index (κ2) is 6.69. The molecule has 0 saturated heterocycles. The highest BCUT2D eigenvalue weighted by molar-refractivity contribution is 7.92. The molecule has 0 saturated carbocycles. The van der Waals surface area contributed by atoms with Crippen molar-refractivity contribution in [3.63, 3.8) is 0 Å². The van der Waals surface area contributed by atoms with Gasteiger partial charge in [0.05, 0.1) is 23.0 Å². The van der Waals surface area contributed by atoms with Crippen LogP contribution < -0.4 is 4.72 Å². The fourth-order valence-corrected chi connectivity index (χ4v) is 4.01. The number of hydrogen-bond donors (Lipinski definition) is 1. The molecular weight excluding hydrogens is 360 g/mol. The number of amides is 1. The average molecular weight is 379 g/mol. The van der Waals surface area contributed by atoms with Crippen molar-refractivity contribution in [3.05, 3.63) is 64.2 Å². The van der Waals surface area contributed by atoms with Crippen LogP contribution in [0.4, 0.5) is 5.69 Å². The molecular formula is C18H19ClN2O3S. The summed E-state index contributed by atoms with van der Waals surface area (Å²) in [6.07, 6.45) is 2.86. The van der Waals surface area contributed by atoms with Gasteiger partial charge in [-0.3, -0.25) is 9.52 Å². The van der Waals surface area contributed by atoms with Crippen LogP contribution in [0.15, 0.2) is 42.5 Å². The van der Waals surface area contributed by atoms with Gasteiger partial charge in [0.25, 0.3) is 5.91 Å². The first-order valence-corrected chi connectivity index (χ1v) is 10.2. The Hall–Kier alpha value is -2.05. The molecule has 3 rings (SSSR count). The van der Waals surface area contributed by atoms with Crippen LogP contribution in [-0.2, 0) is 16.4 Å². The summed E-state index contributed by atoms with van der Waals surface area (Å²) in [6, 6.07) is 12.7. The van der Waals surface area contributed by atoms with Gasteiger partial charge in [0, 0.05) is 12.6 Å². The van der Waals surface area contributed by atoms with Crippen LogP contribution in [0.5, 0.6) is 0 Å². The summed E-state index contributed by atoms with van der Waals surface area (Å²) in [4.78, 5) is 14.6. The number of hydrogen-bond acceptors (Lipinski definition) is 3. The van der Waals surface area contributed by atoms with E-state index < -0.39 is 10.0 Å². The quantitative estimate of drug-likeness (QED) is 0.885. The number of fused-ring (bicyclic) bond motifs is 1. The molecule has 0 aromatic heterocycles. The van der Waals surface area contributed by atoms with Crippen LogP contribution in [0, 0.1) is 0 Å². The minimum Gasteiger partial charge on any atom is -0.335 e. The number of nitrogens with zero attached hydrogens (tertiary/aromatic N) is 1. The lowest BCUT2D eigenvalue weighted by atomic mass is 10.1. The summed E-state index contributed by atoms with van der Waals surface area (Å²) in [5, 5.41) is 0.246. The molecule has 1 amide bonds. The number of rotatable bonds is 4. The molecule has 1 atom stereocenters. The van der Waals surface area contributed by atoms with Gasteiger partial charge in [0.2, 0.25) is 10.0 Å². The van der Waals surface area contributed by atoms with Crippen molar-refractivity contribution in [2.24, 2.45) is 0 Å². The van der Waals surface area contributed by atoms with E-state index in [-0.39, 0.29) is 22.7 Å². The monoisotopic (exact) mass is 378 g/mol. The molecule has 0 fully saturated rings. The summed E-state index contributed by atoms with van der Waals surface area (Å²) in [7, 11) is -1.71. The SMILES string of the molecule is CN(C(=O)c1ccc(Cl)c(NS(C)(=O)=O)c1)C1CCc2ccccc21. The second-order valence-corrected chi connectivity index (χ2v) is 8.39. The summed E-state index contributed by atoms with van der Waals surface area (Å²) < 4.78 is 25.2. The van der Waals surface area contributed by atoms with Gasteiger partial charge in [-0.15, -0.1) is 0 Å². The van der Waals surface area contributed by atoms with Crippen LogP contribution in [-0.4, -0.2) is 32.5 Å². The Morgan fingerprint density at radius 1 is 1.24 bits per heavy atom. The highest BCUT2D eigenvalue weighted by Gasteiger charge is 2.29. The number of aryl methyl sites for hydroxylation is 1. The topological polar surface area (TPSA) is 66.5 Å². The zero-order valence-corrected chi connectivity index (χ0v) is 15.6. The van der Waals surface area contributed by atoms with E-state index in [1.807, 2.05) is 12.1 Å². The molecule has 7 heteroatoms. The third kappa shape index (κ3) is 3.80. The van der Waals surface area contributed by atoms with Crippen molar-refractivity contribution in [1.29, 1.82) is 0 Å². The maximum Gasteiger partial charge on any atom is 0.254 e. The number of benzene rings is 2. The predicted molar refractivity (Wildman–Crippen MR) is 99.5 cm³/mol. The molecule has 1 N–H and O–H groups in total. The zero-order valence-electron chi connectivity index (χ0n) is 14.0. The van der Waals surface area contributed by atoms with E-state index in [0.29, 0.717) is 5.56 Å². The lowest BCUT2D eigenvalue weighted by molar-refractivity contribution is 0.0730. The average Bonchev–Trinajstić information content (AvgIpc) is 2.98. The summed E-state index contributed by atoms with van der Waals surface area (Å²) in [6.45, 7) is 0. The van der Waals surface area contributed by atoms with Gasteiger partial charge in [-0.2, -0.15) is 0 Å². The smallest absolute Gasteiger partial charge is 0.254 e. The Bertz CT molecular complexity index is 928. The standard InChI is InChI=1S/C18H19ClN2O3S/c1-21(17-10-8-12-5-3-4-6-14(12)17)18(22)13-7-9-15(19)16(11-13)20-25(2,23)24/h3-7,9,11,17,20H,8,10H2,1-2H3. The van der Waals surface area contributed by atoms with Gasteiger partial charge >= 0.3 is 0 Å². The van der Waals surface area contributed by atoms with Crippen LogP contribution >= 0.6 is 11.6 Å². The molecule has 2 aromatic rings. The third-order valence-corrected chi connectivity index (χ3v) is 5.32. The van der Waals surface area contributed by atoms with E-state index in [1.54, 1.807) is 18.0 Å². The molecule has 25 heavy (non-hydrogen) atoms. The molecule has 1 aliphatic rings. The van der Waals surface area contributed by atoms with Crippen molar-refractivity contribution < 1.29 is 13.2 Å². The van der Waals surface area contributed by atoms with Crippen molar-refractivity contribution in [2.75, 3.05) is 18.0 Å². The number of sulfonamides is 1. The number of nitrogens with one attached hydrogen (secondary N) is 1. The van der Waals surface area contributed by atoms with Gasteiger partial charge in [-0.25, -0.2) is 8.42 Å². The number of carbonyl (C=O) groups is 1. The molecule has 0 spiro atoms. The van der Waals surface area contributed by atoms with Crippen LogP contribution in [0.1, 0.15) is 33.9 Å². The first-order valence-electron chi connectivity index (χ1n) is 7.88.